The highest BCUT2D eigenvalue weighted by atomic mass is 14.9. The number of rotatable bonds is 4. The van der Waals surface area contributed by atoms with E-state index in [1.807, 2.05) is 0 Å². The van der Waals surface area contributed by atoms with Crippen LogP contribution in [0, 0.1) is 0 Å². The topological polar surface area (TPSA) is 12.0 Å². The molecule has 2 aromatic carbocycles. The lowest BCUT2D eigenvalue weighted by atomic mass is 9.94. The van der Waals surface area contributed by atoms with Gasteiger partial charge >= 0.3 is 0 Å². The monoisotopic (exact) mass is 279 g/mol. The third-order valence-electron chi connectivity index (χ3n) is 4.61. The maximum atomic E-state index is 3.60. The largest absolute Gasteiger partial charge is 0.310 e. The molecule has 0 amide bonds. The lowest BCUT2D eigenvalue weighted by molar-refractivity contribution is 0.549. The van der Waals surface area contributed by atoms with Crippen LogP contribution in [0.4, 0.5) is 0 Å². The van der Waals surface area contributed by atoms with E-state index in [1.165, 1.54) is 35.1 Å². The molecular weight excluding hydrogens is 254 g/mol. The number of benzene rings is 2. The molecule has 0 bridgehead atoms. The summed E-state index contributed by atoms with van der Waals surface area (Å²) in [6.07, 6.45) is 2.42. The van der Waals surface area contributed by atoms with Crippen molar-refractivity contribution >= 4 is 0 Å². The van der Waals surface area contributed by atoms with Gasteiger partial charge in [-0.1, -0.05) is 63.2 Å². The molecule has 0 aromatic heterocycles. The molecule has 21 heavy (non-hydrogen) atoms. The Labute approximate surface area is 128 Å². The minimum atomic E-state index is 0.542. The van der Waals surface area contributed by atoms with Crippen molar-refractivity contribution in [2.45, 2.75) is 45.6 Å². The summed E-state index contributed by atoms with van der Waals surface area (Å²) >= 11 is 0. The first-order valence-corrected chi connectivity index (χ1v) is 8.16. The van der Waals surface area contributed by atoms with Gasteiger partial charge in [0.25, 0.3) is 0 Å². The lowest BCUT2D eigenvalue weighted by Crippen LogP contribution is -2.18. The zero-order valence-corrected chi connectivity index (χ0v) is 13.3. The number of fused-ring (bicyclic) bond motifs is 1. The van der Waals surface area contributed by atoms with E-state index in [-0.39, 0.29) is 0 Å². The average Bonchev–Trinajstić information content (AvgIpc) is 2.91. The van der Waals surface area contributed by atoms with Gasteiger partial charge < -0.3 is 5.32 Å². The van der Waals surface area contributed by atoms with Crippen LogP contribution in [0.5, 0.6) is 0 Å². The second kappa shape index (κ2) is 6.03. The van der Waals surface area contributed by atoms with Crippen molar-refractivity contribution in [2.24, 2.45) is 0 Å². The summed E-state index contributed by atoms with van der Waals surface area (Å²) in [5, 5.41) is 3.60. The summed E-state index contributed by atoms with van der Waals surface area (Å²) in [6, 6.07) is 16.4. The summed E-state index contributed by atoms with van der Waals surface area (Å²) in [5.74, 6) is 0.596. The molecule has 0 aliphatic heterocycles. The summed E-state index contributed by atoms with van der Waals surface area (Å²) in [7, 11) is 0. The molecule has 110 valence electrons. The van der Waals surface area contributed by atoms with Crippen LogP contribution in [0.25, 0.3) is 11.1 Å². The van der Waals surface area contributed by atoms with Crippen molar-refractivity contribution in [1.82, 2.24) is 5.32 Å². The van der Waals surface area contributed by atoms with E-state index in [2.05, 4.69) is 68.6 Å². The van der Waals surface area contributed by atoms with Gasteiger partial charge in [0.1, 0.15) is 0 Å². The van der Waals surface area contributed by atoms with Crippen LogP contribution in [0.2, 0.25) is 0 Å². The van der Waals surface area contributed by atoms with Gasteiger partial charge in [-0.25, -0.2) is 0 Å². The Balaban J connectivity index is 1.97. The zero-order chi connectivity index (χ0) is 14.8. The summed E-state index contributed by atoms with van der Waals surface area (Å²) in [4.78, 5) is 0. The van der Waals surface area contributed by atoms with Crippen molar-refractivity contribution in [3.8, 4) is 11.1 Å². The first kappa shape index (κ1) is 14.3. The molecule has 3 rings (SSSR count). The molecular formula is C20H25N. The van der Waals surface area contributed by atoms with Crippen LogP contribution in [-0.2, 0) is 6.42 Å². The van der Waals surface area contributed by atoms with E-state index in [0.29, 0.717) is 12.0 Å². The minimum Gasteiger partial charge on any atom is -0.310 e. The first-order chi connectivity index (χ1) is 10.2. The van der Waals surface area contributed by atoms with Crippen molar-refractivity contribution in [3.63, 3.8) is 0 Å². The van der Waals surface area contributed by atoms with Gasteiger partial charge in [-0.3, -0.25) is 0 Å². The SMILES string of the molecule is CCNC1CCc2c(-c3ccc(C(C)C)cc3)cccc21. The summed E-state index contributed by atoms with van der Waals surface area (Å²) < 4.78 is 0. The summed E-state index contributed by atoms with van der Waals surface area (Å²) in [5.41, 5.74) is 7.23. The van der Waals surface area contributed by atoms with Gasteiger partial charge in [-0.05, 0) is 53.1 Å². The molecule has 1 heteroatoms. The molecule has 1 aliphatic carbocycles. The maximum Gasteiger partial charge on any atom is 0.0326 e. The van der Waals surface area contributed by atoms with Crippen molar-refractivity contribution in [1.29, 1.82) is 0 Å². The second-order valence-corrected chi connectivity index (χ2v) is 6.30. The lowest BCUT2D eigenvalue weighted by Gasteiger charge is -2.14. The van der Waals surface area contributed by atoms with Gasteiger partial charge in [-0.2, -0.15) is 0 Å². The maximum absolute atomic E-state index is 3.60. The Bertz CT molecular complexity index is 610. The Kier molecular flexibility index (Phi) is 4.12. The second-order valence-electron chi connectivity index (χ2n) is 6.30. The molecule has 0 heterocycles. The third kappa shape index (κ3) is 2.75. The van der Waals surface area contributed by atoms with Crippen molar-refractivity contribution in [3.05, 3.63) is 59.2 Å². The third-order valence-corrected chi connectivity index (χ3v) is 4.61. The highest BCUT2D eigenvalue weighted by molar-refractivity contribution is 5.70. The van der Waals surface area contributed by atoms with Crippen LogP contribution in [0.3, 0.4) is 0 Å². The van der Waals surface area contributed by atoms with Crippen molar-refractivity contribution in [2.75, 3.05) is 6.54 Å². The molecule has 1 N–H and O–H groups in total. The Hall–Kier alpha value is -1.60. The smallest absolute Gasteiger partial charge is 0.0326 e. The van der Waals surface area contributed by atoms with Crippen LogP contribution in [-0.4, -0.2) is 6.54 Å². The predicted molar refractivity (Wildman–Crippen MR) is 90.7 cm³/mol. The summed E-state index contributed by atoms with van der Waals surface area (Å²) in [6.45, 7) is 7.72. The number of hydrogen-bond donors (Lipinski definition) is 1. The fraction of sp³-hybridized carbons (Fsp3) is 0.400. The van der Waals surface area contributed by atoms with Gasteiger partial charge in [0.2, 0.25) is 0 Å². The van der Waals surface area contributed by atoms with Gasteiger partial charge in [-0.15, -0.1) is 0 Å². The Morgan fingerprint density at radius 2 is 1.86 bits per heavy atom. The van der Waals surface area contributed by atoms with E-state index in [0.717, 1.165) is 6.54 Å². The van der Waals surface area contributed by atoms with Gasteiger partial charge in [0.15, 0.2) is 0 Å². The normalized spacial score (nSPS) is 17.2. The van der Waals surface area contributed by atoms with E-state index < -0.39 is 0 Å². The molecule has 1 unspecified atom stereocenters. The minimum absolute atomic E-state index is 0.542. The van der Waals surface area contributed by atoms with E-state index in [9.17, 15) is 0 Å². The molecule has 2 aromatic rings. The fourth-order valence-corrected chi connectivity index (χ4v) is 3.43. The standard InChI is InChI=1S/C20H25N/c1-4-21-20-13-12-18-17(6-5-7-19(18)20)16-10-8-15(9-11-16)14(2)3/h5-11,14,20-21H,4,12-13H2,1-3H3. The van der Waals surface area contributed by atoms with Gasteiger partial charge in [0.05, 0.1) is 0 Å². The number of nitrogens with one attached hydrogen (secondary N) is 1. The van der Waals surface area contributed by atoms with E-state index >= 15 is 0 Å². The Morgan fingerprint density at radius 3 is 2.52 bits per heavy atom. The molecule has 1 nitrogen and oxygen atoms in total. The van der Waals surface area contributed by atoms with E-state index in [4.69, 9.17) is 0 Å². The molecule has 0 saturated heterocycles. The zero-order valence-electron chi connectivity index (χ0n) is 13.3. The first-order valence-electron chi connectivity index (χ1n) is 8.16. The predicted octanol–water partition coefficient (Wildman–Crippen LogP) is 5.07. The molecule has 0 saturated carbocycles. The van der Waals surface area contributed by atoms with Crippen molar-refractivity contribution < 1.29 is 0 Å². The van der Waals surface area contributed by atoms with Crippen LogP contribution >= 0.6 is 0 Å². The Morgan fingerprint density at radius 1 is 1.10 bits per heavy atom. The van der Waals surface area contributed by atoms with Gasteiger partial charge in [0, 0.05) is 6.04 Å². The molecule has 1 atom stereocenters. The molecule has 0 radical (unpaired) electrons. The quantitative estimate of drug-likeness (QED) is 0.823. The van der Waals surface area contributed by atoms with E-state index in [1.54, 1.807) is 5.56 Å². The fourth-order valence-electron chi connectivity index (χ4n) is 3.43. The average molecular weight is 279 g/mol. The highest BCUT2D eigenvalue weighted by Crippen LogP contribution is 2.37. The molecule has 1 aliphatic rings. The molecule has 0 spiro atoms. The highest BCUT2D eigenvalue weighted by Gasteiger charge is 2.23. The molecule has 0 fully saturated rings. The van der Waals surface area contributed by atoms with Crippen LogP contribution in [0.15, 0.2) is 42.5 Å². The van der Waals surface area contributed by atoms with Crippen LogP contribution in [0.1, 0.15) is 55.8 Å². The number of hydrogen-bond acceptors (Lipinski definition) is 1. The van der Waals surface area contributed by atoms with Crippen LogP contribution < -0.4 is 5.32 Å².